The van der Waals surface area contributed by atoms with Crippen LogP contribution in [-0.4, -0.2) is 24.1 Å². The highest BCUT2D eigenvalue weighted by molar-refractivity contribution is 14.0. The minimum absolute atomic E-state index is 0. The predicted octanol–water partition coefficient (Wildman–Crippen LogP) is 3.30. The Hall–Kier alpha value is -2.56. The van der Waals surface area contributed by atoms with E-state index in [2.05, 4.69) is 10.3 Å². The second kappa shape index (κ2) is 9.22. The fourth-order valence-corrected chi connectivity index (χ4v) is 2.33. The first kappa shape index (κ1) is 19.8. The first-order chi connectivity index (χ1) is 12.1. The summed E-state index contributed by atoms with van der Waals surface area (Å²) in [5.74, 6) is 1.63. The normalized spacial score (nSPS) is 13.3. The highest BCUT2D eigenvalue weighted by atomic mass is 127. The molecule has 0 bridgehead atoms. The maximum absolute atomic E-state index is 10.6. The van der Waals surface area contributed by atoms with E-state index in [4.69, 9.17) is 15.2 Å². The van der Waals surface area contributed by atoms with Crippen molar-refractivity contribution in [1.29, 1.82) is 0 Å². The van der Waals surface area contributed by atoms with Gasteiger partial charge < -0.3 is 20.5 Å². The topological polar surface area (TPSA) is 112 Å². The third-order valence-electron chi connectivity index (χ3n) is 3.60. The molecule has 1 aliphatic heterocycles. The van der Waals surface area contributed by atoms with Crippen LogP contribution in [0.3, 0.4) is 0 Å². The van der Waals surface area contributed by atoms with Crippen molar-refractivity contribution in [1.82, 2.24) is 0 Å². The van der Waals surface area contributed by atoms with Crippen LogP contribution in [0.1, 0.15) is 12.0 Å². The lowest BCUT2D eigenvalue weighted by Gasteiger charge is -2.10. The Morgan fingerprint density at radius 2 is 1.85 bits per heavy atom. The molecule has 0 saturated carbocycles. The fraction of sp³-hybridized carbons (Fsp3) is 0.235. The first-order valence-electron chi connectivity index (χ1n) is 7.82. The molecule has 0 aliphatic carbocycles. The number of hydrogen-bond acceptors (Lipinski definition) is 5. The number of benzene rings is 2. The van der Waals surface area contributed by atoms with E-state index in [-0.39, 0.29) is 35.6 Å². The van der Waals surface area contributed by atoms with Gasteiger partial charge in [-0.3, -0.25) is 10.1 Å². The Bertz CT molecular complexity index is 796. The molecule has 2 aromatic carbocycles. The summed E-state index contributed by atoms with van der Waals surface area (Å²) in [6.45, 7) is 1.57. The number of aliphatic imine (C=N–C) groups is 1. The van der Waals surface area contributed by atoms with E-state index in [9.17, 15) is 10.1 Å². The number of non-ortho nitro benzene ring substituents is 1. The molecule has 3 rings (SSSR count). The molecule has 8 nitrogen and oxygen atoms in total. The third-order valence-corrected chi connectivity index (χ3v) is 3.60. The highest BCUT2D eigenvalue weighted by Crippen LogP contribution is 2.32. The van der Waals surface area contributed by atoms with Crippen LogP contribution in [0.4, 0.5) is 11.4 Å². The second-order valence-corrected chi connectivity index (χ2v) is 5.46. The Morgan fingerprint density at radius 3 is 2.54 bits per heavy atom. The highest BCUT2D eigenvalue weighted by Gasteiger charge is 2.11. The number of nitro groups is 1. The van der Waals surface area contributed by atoms with Gasteiger partial charge in [0.25, 0.3) is 5.69 Å². The Morgan fingerprint density at radius 1 is 1.15 bits per heavy atom. The van der Waals surface area contributed by atoms with Crippen LogP contribution in [0.25, 0.3) is 0 Å². The number of halogens is 1. The molecule has 1 heterocycles. The van der Waals surface area contributed by atoms with Crippen LogP contribution in [0.5, 0.6) is 11.5 Å². The molecule has 3 N–H and O–H groups in total. The lowest BCUT2D eigenvalue weighted by atomic mass is 10.2. The lowest BCUT2D eigenvalue weighted by Crippen LogP contribution is -2.22. The predicted molar refractivity (Wildman–Crippen MR) is 110 cm³/mol. The van der Waals surface area contributed by atoms with Crippen molar-refractivity contribution in [2.24, 2.45) is 10.7 Å². The molecule has 0 atom stereocenters. The summed E-state index contributed by atoms with van der Waals surface area (Å²) in [7, 11) is 0. The lowest BCUT2D eigenvalue weighted by molar-refractivity contribution is -0.384. The largest absolute Gasteiger partial charge is 0.490 e. The maximum Gasteiger partial charge on any atom is 0.269 e. The van der Waals surface area contributed by atoms with E-state index in [0.717, 1.165) is 17.7 Å². The van der Waals surface area contributed by atoms with Crippen LogP contribution in [0, 0.1) is 10.1 Å². The number of rotatable bonds is 4. The van der Waals surface area contributed by atoms with Crippen molar-refractivity contribution < 1.29 is 14.4 Å². The van der Waals surface area contributed by atoms with Crippen molar-refractivity contribution >= 4 is 41.3 Å². The minimum Gasteiger partial charge on any atom is -0.490 e. The van der Waals surface area contributed by atoms with Gasteiger partial charge in [-0.15, -0.1) is 24.0 Å². The molecule has 138 valence electrons. The monoisotopic (exact) mass is 470 g/mol. The molecule has 0 saturated heterocycles. The number of nitrogens with two attached hydrogens (primary N) is 1. The number of anilines is 1. The van der Waals surface area contributed by atoms with Gasteiger partial charge in [-0.05, 0) is 17.7 Å². The molecule has 0 fully saturated rings. The second-order valence-electron chi connectivity index (χ2n) is 5.46. The van der Waals surface area contributed by atoms with Gasteiger partial charge in [-0.1, -0.05) is 12.1 Å². The summed E-state index contributed by atoms with van der Waals surface area (Å²) in [6.07, 6.45) is 0.844. The molecule has 0 aromatic heterocycles. The van der Waals surface area contributed by atoms with Gasteiger partial charge in [-0.2, -0.15) is 0 Å². The summed E-state index contributed by atoms with van der Waals surface area (Å²) in [5, 5.41) is 13.6. The summed E-state index contributed by atoms with van der Waals surface area (Å²) in [5.41, 5.74) is 7.52. The van der Waals surface area contributed by atoms with Crippen molar-refractivity contribution in [3.05, 3.63) is 58.1 Å². The zero-order chi connectivity index (χ0) is 17.6. The van der Waals surface area contributed by atoms with Crippen LogP contribution < -0.4 is 20.5 Å². The molecule has 0 amide bonds. The van der Waals surface area contributed by atoms with E-state index in [1.807, 2.05) is 18.2 Å². The molecular weight excluding hydrogens is 451 g/mol. The average molecular weight is 470 g/mol. The van der Waals surface area contributed by atoms with Crippen molar-refractivity contribution in [2.75, 3.05) is 18.5 Å². The van der Waals surface area contributed by atoms with Crippen LogP contribution in [0.15, 0.2) is 47.5 Å². The molecule has 1 aliphatic rings. The number of nitrogens with one attached hydrogen (secondary N) is 1. The number of nitro benzene ring substituents is 1. The van der Waals surface area contributed by atoms with Crippen LogP contribution in [-0.2, 0) is 6.54 Å². The van der Waals surface area contributed by atoms with Crippen molar-refractivity contribution in [3.8, 4) is 11.5 Å². The number of hydrogen-bond donors (Lipinski definition) is 2. The molecule has 26 heavy (non-hydrogen) atoms. The molecule has 0 spiro atoms. The molecule has 0 unspecified atom stereocenters. The summed E-state index contributed by atoms with van der Waals surface area (Å²) >= 11 is 0. The number of nitrogens with zero attached hydrogens (tertiary/aromatic N) is 2. The van der Waals surface area contributed by atoms with Gasteiger partial charge in [0.1, 0.15) is 0 Å². The summed E-state index contributed by atoms with van der Waals surface area (Å²) in [4.78, 5) is 14.4. The van der Waals surface area contributed by atoms with E-state index < -0.39 is 4.92 Å². The Balaban J connectivity index is 0.00000243. The Kier molecular flexibility index (Phi) is 7.01. The van der Waals surface area contributed by atoms with Crippen molar-refractivity contribution in [2.45, 2.75) is 13.0 Å². The van der Waals surface area contributed by atoms with Gasteiger partial charge in [-0.25, -0.2) is 4.99 Å². The average Bonchev–Trinajstić information content (AvgIpc) is 2.85. The minimum atomic E-state index is -0.437. The van der Waals surface area contributed by atoms with E-state index in [1.165, 1.54) is 12.1 Å². The fourth-order valence-electron chi connectivity index (χ4n) is 2.33. The number of ether oxygens (including phenoxy) is 2. The van der Waals surface area contributed by atoms with E-state index >= 15 is 0 Å². The van der Waals surface area contributed by atoms with Crippen molar-refractivity contribution in [3.63, 3.8) is 0 Å². The van der Waals surface area contributed by atoms with Gasteiger partial charge in [0.15, 0.2) is 17.5 Å². The molecule has 2 aromatic rings. The summed E-state index contributed by atoms with van der Waals surface area (Å²) < 4.78 is 11.2. The first-order valence-corrected chi connectivity index (χ1v) is 7.82. The van der Waals surface area contributed by atoms with Crippen LogP contribution in [0.2, 0.25) is 0 Å². The van der Waals surface area contributed by atoms with E-state index in [1.54, 1.807) is 12.1 Å². The van der Waals surface area contributed by atoms with Gasteiger partial charge in [0, 0.05) is 30.3 Å². The Labute approximate surface area is 167 Å². The zero-order valence-corrected chi connectivity index (χ0v) is 16.2. The van der Waals surface area contributed by atoms with Gasteiger partial charge in [0.05, 0.1) is 24.7 Å². The maximum atomic E-state index is 10.6. The quantitative estimate of drug-likeness (QED) is 0.233. The standard InChI is InChI=1S/C17H18N4O4.HI/c18-17(19-11-12-2-5-14(6-3-12)21(22)23)20-13-4-7-15-16(10-13)25-9-1-8-24-15;/h2-7,10H,1,8-9,11H2,(H3,18,19,20);1H. The molecule has 0 radical (unpaired) electrons. The van der Waals surface area contributed by atoms with Gasteiger partial charge in [0.2, 0.25) is 0 Å². The van der Waals surface area contributed by atoms with Gasteiger partial charge >= 0.3 is 0 Å². The number of fused-ring (bicyclic) bond motifs is 1. The smallest absolute Gasteiger partial charge is 0.269 e. The molecule has 9 heteroatoms. The number of guanidine groups is 1. The molecular formula is C17H19IN4O4. The van der Waals surface area contributed by atoms with E-state index in [0.29, 0.717) is 31.3 Å². The SMILES string of the molecule is I.NC(=NCc1ccc([N+](=O)[O-])cc1)Nc1ccc2c(c1)OCCCO2. The third kappa shape index (κ3) is 5.22. The van der Waals surface area contributed by atoms with Crippen LogP contribution >= 0.6 is 24.0 Å². The zero-order valence-electron chi connectivity index (χ0n) is 13.9. The summed E-state index contributed by atoms with van der Waals surface area (Å²) in [6, 6.07) is 11.7.